The molecular weight excluding hydrogens is 369 g/mol. The summed E-state index contributed by atoms with van der Waals surface area (Å²) in [6.45, 7) is 8.01. The van der Waals surface area contributed by atoms with Crippen LogP contribution in [0.15, 0.2) is 29.2 Å². The van der Waals surface area contributed by atoms with Crippen LogP contribution >= 0.6 is 0 Å². The molecule has 2 aliphatic rings. The zero-order chi connectivity index (χ0) is 19.6. The minimum Gasteiger partial charge on any atom is -0.339 e. The molecule has 3 rings (SSSR count). The lowest BCUT2D eigenvalue weighted by molar-refractivity contribution is -0.134. The van der Waals surface area contributed by atoms with Gasteiger partial charge in [0.05, 0.1) is 11.4 Å². The van der Waals surface area contributed by atoms with Gasteiger partial charge in [0, 0.05) is 39.3 Å². The maximum Gasteiger partial charge on any atom is 0.243 e. The molecule has 2 atom stereocenters. The number of amides is 1. The third-order valence-corrected chi connectivity index (χ3v) is 7.26. The van der Waals surface area contributed by atoms with Crippen molar-refractivity contribution in [3.8, 4) is 0 Å². The summed E-state index contributed by atoms with van der Waals surface area (Å²) in [7, 11) is -3.65. The lowest BCUT2D eigenvalue weighted by Gasteiger charge is -2.38. The van der Waals surface area contributed by atoms with E-state index >= 15 is 0 Å². The summed E-state index contributed by atoms with van der Waals surface area (Å²) in [4.78, 5) is 16.7. The highest BCUT2D eigenvalue weighted by atomic mass is 32.2. The fraction of sp³-hybridized carbons (Fsp3) is 0.632. The molecule has 1 aromatic carbocycles. The Bertz CT molecular complexity index is 751. The smallest absolute Gasteiger partial charge is 0.243 e. The summed E-state index contributed by atoms with van der Waals surface area (Å²) in [6, 6.07) is 4.85. The van der Waals surface area contributed by atoms with Crippen LogP contribution in [0.5, 0.6) is 0 Å². The predicted octanol–water partition coefficient (Wildman–Crippen LogP) is 1.64. The van der Waals surface area contributed by atoms with Gasteiger partial charge in [0.25, 0.3) is 0 Å². The number of rotatable bonds is 4. The first-order chi connectivity index (χ1) is 12.8. The van der Waals surface area contributed by atoms with Gasteiger partial charge in [0.15, 0.2) is 0 Å². The van der Waals surface area contributed by atoms with Gasteiger partial charge in [-0.25, -0.2) is 12.8 Å². The van der Waals surface area contributed by atoms with Gasteiger partial charge in [0.2, 0.25) is 15.9 Å². The fourth-order valence-electron chi connectivity index (χ4n) is 4.15. The molecule has 6 nitrogen and oxygen atoms in total. The SMILES string of the molecule is CC1CC(C)CN(CC(=O)N2CCN(S(=O)(=O)c3ccc(F)cc3)CC2)C1. The number of piperidine rings is 1. The van der Waals surface area contributed by atoms with Crippen LogP contribution in [0, 0.1) is 17.7 Å². The Morgan fingerprint density at radius 2 is 1.59 bits per heavy atom. The number of carbonyl (C=O) groups is 1. The van der Waals surface area contributed by atoms with E-state index in [0.717, 1.165) is 25.2 Å². The summed E-state index contributed by atoms with van der Waals surface area (Å²) < 4.78 is 39.7. The molecule has 0 saturated carbocycles. The number of hydrogen-bond acceptors (Lipinski definition) is 4. The van der Waals surface area contributed by atoms with Crippen LogP contribution in [-0.4, -0.2) is 74.2 Å². The van der Waals surface area contributed by atoms with E-state index in [2.05, 4.69) is 18.7 Å². The highest BCUT2D eigenvalue weighted by molar-refractivity contribution is 7.89. The predicted molar refractivity (Wildman–Crippen MR) is 101 cm³/mol. The molecule has 1 amide bonds. The molecule has 2 aliphatic heterocycles. The Labute approximate surface area is 161 Å². The molecule has 1 aromatic rings. The zero-order valence-electron chi connectivity index (χ0n) is 16.0. The van der Waals surface area contributed by atoms with Crippen molar-refractivity contribution < 1.29 is 17.6 Å². The second kappa shape index (κ2) is 8.24. The molecule has 2 fully saturated rings. The molecule has 2 saturated heterocycles. The van der Waals surface area contributed by atoms with Crippen LogP contribution in [0.1, 0.15) is 20.3 Å². The van der Waals surface area contributed by atoms with Crippen LogP contribution in [0.4, 0.5) is 4.39 Å². The van der Waals surface area contributed by atoms with Crippen molar-refractivity contribution >= 4 is 15.9 Å². The molecule has 0 aromatic heterocycles. The second-order valence-corrected chi connectivity index (χ2v) is 9.82. The monoisotopic (exact) mass is 397 g/mol. The maximum atomic E-state index is 13.0. The third-order valence-electron chi connectivity index (χ3n) is 5.35. The molecule has 27 heavy (non-hydrogen) atoms. The highest BCUT2D eigenvalue weighted by Gasteiger charge is 2.31. The molecule has 2 heterocycles. The van der Waals surface area contributed by atoms with E-state index in [4.69, 9.17) is 0 Å². The molecule has 0 radical (unpaired) electrons. The minimum atomic E-state index is -3.65. The molecule has 0 aliphatic carbocycles. The normalized spacial score (nSPS) is 25.5. The summed E-state index contributed by atoms with van der Waals surface area (Å²) in [5.41, 5.74) is 0. The lowest BCUT2D eigenvalue weighted by Crippen LogP contribution is -2.53. The van der Waals surface area contributed by atoms with Gasteiger partial charge >= 0.3 is 0 Å². The first-order valence-electron chi connectivity index (χ1n) is 9.51. The van der Waals surface area contributed by atoms with Crippen LogP contribution in [0.25, 0.3) is 0 Å². The van der Waals surface area contributed by atoms with E-state index in [1.807, 2.05) is 0 Å². The molecular formula is C19H28FN3O3S. The van der Waals surface area contributed by atoms with Crippen LogP contribution in [-0.2, 0) is 14.8 Å². The number of benzene rings is 1. The number of carbonyl (C=O) groups excluding carboxylic acids is 1. The standard InChI is InChI=1S/C19H28FN3O3S/c1-15-11-16(2)13-21(12-15)14-19(24)22-7-9-23(10-8-22)27(25,26)18-5-3-17(20)4-6-18/h3-6,15-16H,7-14H2,1-2H3. The Kier molecular flexibility index (Phi) is 6.18. The average molecular weight is 398 g/mol. The topological polar surface area (TPSA) is 60.9 Å². The van der Waals surface area contributed by atoms with Crippen LogP contribution in [0.2, 0.25) is 0 Å². The van der Waals surface area contributed by atoms with Crippen molar-refractivity contribution in [2.45, 2.75) is 25.2 Å². The van der Waals surface area contributed by atoms with E-state index in [0.29, 0.717) is 31.5 Å². The minimum absolute atomic E-state index is 0.0649. The average Bonchev–Trinajstić information content (AvgIpc) is 2.61. The molecule has 0 spiro atoms. The summed E-state index contributed by atoms with van der Waals surface area (Å²) in [5.74, 6) is 0.791. The van der Waals surface area contributed by atoms with Gasteiger partial charge in [-0.15, -0.1) is 0 Å². The van der Waals surface area contributed by atoms with E-state index in [1.54, 1.807) is 4.90 Å². The van der Waals surface area contributed by atoms with Gasteiger partial charge < -0.3 is 4.90 Å². The van der Waals surface area contributed by atoms with Gasteiger partial charge in [-0.3, -0.25) is 9.69 Å². The number of piperazine rings is 1. The number of hydrogen-bond donors (Lipinski definition) is 0. The number of sulfonamides is 1. The molecule has 0 bridgehead atoms. The fourth-order valence-corrected chi connectivity index (χ4v) is 5.57. The molecule has 2 unspecified atom stereocenters. The van der Waals surface area contributed by atoms with E-state index < -0.39 is 15.8 Å². The van der Waals surface area contributed by atoms with Crippen molar-refractivity contribution in [2.24, 2.45) is 11.8 Å². The van der Waals surface area contributed by atoms with Crippen molar-refractivity contribution in [2.75, 3.05) is 45.8 Å². The van der Waals surface area contributed by atoms with Crippen molar-refractivity contribution in [3.63, 3.8) is 0 Å². The molecule has 8 heteroatoms. The summed E-state index contributed by atoms with van der Waals surface area (Å²) in [6.07, 6.45) is 1.20. The van der Waals surface area contributed by atoms with E-state index in [1.165, 1.54) is 22.9 Å². The molecule has 0 N–H and O–H groups in total. The first kappa shape index (κ1) is 20.2. The largest absolute Gasteiger partial charge is 0.339 e. The quantitative estimate of drug-likeness (QED) is 0.775. The second-order valence-electron chi connectivity index (χ2n) is 7.88. The number of likely N-dealkylation sites (tertiary alicyclic amines) is 1. The van der Waals surface area contributed by atoms with Crippen molar-refractivity contribution in [1.29, 1.82) is 0 Å². The van der Waals surface area contributed by atoms with E-state index in [-0.39, 0.29) is 23.9 Å². The Balaban J connectivity index is 1.55. The summed E-state index contributed by atoms with van der Waals surface area (Å²) in [5, 5.41) is 0. The van der Waals surface area contributed by atoms with Crippen molar-refractivity contribution in [3.05, 3.63) is 30.1 Å². The number of nitrogens with zero attached hydrogens (tertiary/aromatic N) is 3. The van der Waals surface area contributed by atoms with Crippen LogP contribution in [0.3, 0.4) is 0 Å². The maximum absolute atomic E-state index is 13.0. The Hall–Kier alpha value is -1.51. The van der Waals surface area contributed by atoms with E-state index in [9.17, 15) is 17.6 Å². The zero-order valence-corrected chi connectivity index (χ0v) is 16.8. The first-order valence-corrected chi connectivity index (χ1v) is 11.0. The van der Waals surface area contributed by atoms with Gasteiger partial charge in [-0.05, 0) is 42.5 Å². The molecule has 150 valence electrons. The van der Waals surface area contributed by atoms with Gasteiger partial charge in [-0.1, -0.05) is 13.8 Å². The highest BCUT2D eigenvalue weighted by Crippen LogP contribution is 2.21. The Morgan fingerprint density at radius 1 is 1.04 bits per heavy atom. The summed E-state index contributed by atoms with van der Waals surface area (Å²) >= 11 is 0. The van der Waals surface area contributed by atoms with Crippen LogP contribution < -0.4 is 0 Å². The van der Waals surface area contributed by atoms with Gasteiger partial charge in [0.1, 0.15) is 5.82 Å². The third kappa shape index (κ3) is 4.86. The van der Waals surface area contributed by atoms with Gasteiger partial charge in [-0.2, -0.15) is 4.31 Å². The number of halogens is 1. The van der Waals surface area contributed by atoms with Crippen molar-refractivity contribution in [1.82, 2.24) is 14.1 Å². The Morgan fingerprint density at radius 3 is 2.15 bits per heavy atom. The lowest BCUT2D eigenvalue weighted by atomic mass is 9.92.